The fraction of sp³-hybridized carbons (Fsp3) is 0.320. The van der Waals surface area contributed by atoms with Crippen LogP contribution >= 0.6 is 0 Å². The van der Waals surface area contributed by atoms with Crippen molar-refractivity contribution in [3.8, 4) is 11.8 Å². The van der Waals surface area contributed by atoms with Gasteiger partial charge in [-0.05, 0) is 34.1 Å². The van der Waals surface area contributed by atoms with Crippen LogP contribution in [0.2, 0.25) is 0 Å². The Bertz CT molecular complexity index is 774. The van der Waals surface area contributed by atoms with Gasteiger partial charge >= 0.3 is 18.9 Å². The molecule has 0 saturated carbocycles. The Kier molecular flexibility index (Phi) is 11.7. The Hall–Kier alpha value is -2.59. The molecule has 0 bridgehead atoms. The van der Waals surface area contributed by atoms with Crippen molar-refractivity contribution in [1.82, 2.24) is 0 Å². The fourth-order valence-electron chi connectivity index (χ4n) is 2.49. The average Bonchev–Trinajstić information content (AvgIpc) is 2.70. The van der Waals surface area contributed by atoms with Crippen LogP contribution in [-0.2, 0) is 10.8 Å². The van der Waals surface area contributed by atoms with Crippen molar-refractivity contribution in [3.05, 3.63) is 90.0 Å². The monoisotopic (exact) mass is 397 g/mol. The van der Waals surface area contributed by atoms with Gasteiger partial charge in [-0.1, -0.05) is 53.7 Å². The van der Waals surface area contributed by atoms with Crippen molar-refractivity contribution in [3.63, 3.8) is 0 Å². The number of benzene rings is 1. The summed E-state index contributed by atoms with van der Waals surface area (Å²) in [6.45, 7) is 12.0. The molecule has 2 heterocycles. The Morgan fingerprint density at radius 1 is 0.700 bits per heavy atom. The van der Waals surface area contributed by atoms with Gasteiger partial charge in [0.15, 0.2) is 24.8 Å². The molecular weight excluding hydrogens is 365 g/mol. The fourth-order valence-corrected chi connectivity index (χ4v) is 2.49. The van der Waals surface area contributed by atoms with Crippen molar-refractivity contribution >= 4 is 0 Å². The molecule has 4 nitrogen and oxygen atoms in total. The van der Waals surface area contributed by atoms with Crippen LogP contribution in [0.3, 0.4) is 0 Å². The third-order valence-electron chi connectivity index (χ3n) is 4.05. The molecule has 5 heteroatoms. The van der Waals surface area contributed by atoms with Crippen LogP contribution in [0.15, 0.2) is 73.3 Å². The van der Waals surface area contributed by atoms with E-state index in [2.05, 4.69) is 16.0 Å². The van der Waals surface area contributed by atoms with Crippen molar-refractivity contribution < 1.29 is 33.9 Å². The molecule has 0 fully saturated rings. The predicted octanol–water partition coefficient (Wildman–Crippen LogP) is 1.23. The van der Waals surface area contributed by atoms with E-state index in [4.69, 9.17) is 5.26 Å². The number of aromatic amines is 2. The third-order valence-corrected chi connectivity index (χ3v) is 4.05. The van der Waals surface area contributed by atoms with Gasteiger partial charge in [0.25, 0.3) is 0 Å². The van der Waals surface area contributed by atoms with Crippen LogP contribution in [0.1, 0.15) is 58.2 Å². The summed E-state index contributed by atoms with van der Waals surface area (Å²) in [5, 5.41) is 21.5. The number of aromatic nitrogens is 2. The first kappa shape index (κ1) is 27.4. The van der Waals surface area contributed by atoms with Crippen LogP contribution in [0.25, 0.3) is 0 Å². The van der Waals surface area contributed by atoms with Crippen molar-refractivity contribution in [2.75, 3.05) is 0 Å². The summed E-state index contributed by atoms with van der Waals surface area (Å²) in [5.74, 6) is 0.0731. The maximum atomic E-state index is 12.4. The zero-order chi connectivity index (χ0) is 21.9. The van der Waals surface area contributed by atoms with Gasteiger partial charge in [-0.3, -0.25) is 0 Å². The predicted molar refractivity (Wildman–Crippen MR) is 114 cm³/mol. The topological polar surface area (TPSA) is 75.1 Å². The molecule has 0 aliphatic heterocycles. The second-order valence-electron chi connectivity index (χ2n) is 8.67. The number of nitriles is 1. The first-order chi connectivity index (χ1) is 13.6. The van der Waals surface area contributed by atoms with Crippen molar-refractivity contribution in [2.45, 2.75) is 52.4 Å². The van der Waals surface area contributed by atoms with Gasteiger partial charge in [0.1, 0.15) is 0 Å². The van der Waals surface area contributed by atoms with Crippen LogP contribution in [-0.4, -0.2) is 0 Å². The van der Waals surface area contributed by atoms with Crippen molar-refractivity contribution in [2.24, 2.45) is 0 Å². The number of pyridine rings is 2. The van der Waals surface area contributed by atoms with E-state index in [0.29, 0.717) is 5.56 Å². The summed E-state index contributed by atoms with van der Waals surface area (Å²) in [4.78, 5) is 5.78. The minimum atomic E-state index is -0.232. The Morgan fingerprint density at radius 2 is 1.03 bits per heavy atom. The molecule has 1 aromatic carbocycles. The maximum Gasteiger partial charge on any atom is 1.00 e. The molecule has 152 valence electrons. The number of nitrogens with zero attached hydrogens (tertiary/aromatic N) is 1. The average molecular weight is 397 g/mol. The summed E-state index contributed by atoms with van der Waals surface area (Å²) in [7, 11) is 0. The van der Waals surface area contributed by atoms with Crippen LogP contribution in [0.5, 0.6) is 5.75 Å². The van der Waals surface area contributed by atoms with E-state index >= 15 is 0 Å². The number of H-pyrrole nitrogens is 2. The molecule has 0 aliphatic rings. The molecule has 0 aliphatic carbocycles. The molecule has 0 unspecified atom stereocenters. The Morgan fingerprint density at radius 3 is 1.20 bits per heavy atom. The summed E-state index contributed by atoms with van der Waals surface area (Å²) < 4.78 is 0. The van der Waals surface area contributed by atoms with E-state index < -0.39 is 0 Å². The Balaban J connectivity index is 0.000000524. The van der Waals surface area contributed by atoms with Gasteiger partial charge in [0, 0.05) is 24.3 Å². The second kappa shape index (κ2) is 12.9. The molecule has 0 amide bonds. The van der Waals surface area contributed by atoms with E-state index in [-0.39, 0.29) is 35.4 Å². The summed E-state index contributed by atoms with van der Waals surface area (Å²) in [6.07, 6.45) is 7.50. The minimum Gasteiger partial charge on any atom is -0.872 e. The van der Waals surface area contributed by atoms with Gasteiger partial charge in [-0.25, -0.2) is 9.97 Å². The molecule has 0 spiro atoms. The zero-order valence-electron chi connectivity index (χ0n) is 19.3. The van der Waals surface area contributed by atoms with Gasteiger partial charge in [0.2, 0.25) is 0 Å². The quantitative estimate of drug-likeness (QED) is 0.535. The number of hydrogen-bond donors (Lipinski definition) is 0. The smallest absolute Gasteiger partial charge is 0.872 e. The first-order valence-electron chi connectivity index (χ1n) is 9.65. The van der Waals surface area contributed by atoms with Crippen LogP contribution < -0.4 is 33.9 Å². The SMILES string of the molecule is CC(C)(C)c1cc(C#N)cc(C(C)(C)C)c1[O-].[Li+].c1cc[nH+]cc1.c1cc[nH+]cc1. The summed E-state index contributed by atoms with van der Waals surface area (Å²) >= 11 is 0. The van der Waals surface area contributed by atoms with Crippen LogP contribution in [0, 0.1) is 11.3 Å². The standard InChI is InChI=1S/C15H21NO.2C5H5N.Li/c1-14(2,3)11-7-10(9-16)8-12(13(11)17)15(4,5)6;2*1-2-4-6-5-3-1;/h7-8,17H,1-6H3;2*1-5H;/q;;;+1/p+1. The molecule has 3 aromatic rings. The van der Waals surface area contributed by atoms with E-state index in [9.17, 15) is 5.11 Å². The van der Waals surface area contributed by atoms with E-state index in [1.54, 1.807) is 12.1 Å². The molecule has 0 radical (unpaired) electrons. The first-order valence-corrected chi connectivity index (χ1v) is 9.65. The molecule has 0 atom stereocenters. The van der Waals surface area contributed by atoms with E-state index in [1.165, 1.54) is 0 Å². The third kappa shape index (κ3) is 9.75. The molecule has 2 aromatic heterocycles. The molecule has 0 saturated heterocycles. The summed E-state index contributed by atoms with van der Waals surface area (Å²) in [5.41, 5.74) is 1.55. The summed E-state index contributed by atoms with van der Waals surface area (Å²) in [6, 6.07) is 17.3. The molecule has 2 N–H and O–H groups in total. The minimum absolute atomic E-state index is 0. The number of hydrogen-bond acceptors (Lipinski definition) is 2. The van der Waals surface area contributed by atoms with E-state index in [0.717, 1.165) is 11.1 Å². The van der Waals surface area contributed by atoms with Gasteiger partial charge < -0.3 is 5.11 Å². The van der Waals surface area contributed by atoms with Gasteiger partial charge in [-0.15, -0.1) is 5.75 Å². The molecule has 3 rings (SSSR count). The van der Waals surface area contributed by atoms with Gasteiger partial charge in [-0.2, -0.15) is 5.26 Å². The Labute approximate surface area is 193 Å². The van der Waals surface area contributed by atoms with Crippen LogP contribution in [0.4, 0.5) is 0 Å². The largest absolute Gasteiger partial charge is 1.00 e. The normalized spacial score (nSPS) is 10.2. The van der Waals surface area contributed by atoms with Crippen molar-refractivity contribution in [1.29, 1.82) is 5.26 Å². The number of rotatable bonds is 0. The zero-order valence-corrected chi connectivity index (χ0v) is 19.3. The molecule has 30 heavy (non-hydrogen) atoms. The number of nitrogens with one attached hydrogen (secondary N) is 2. The van der Waals surface area contributed by atoms with E-state index in [1.807, 2.05) is 103 Å². The maximum absolute atomic E-state index is 12.4. The molecular formula is C25H32LiN3O+2. The second-order valence-corrected chi connectivity index (χ2v) is 8.67. The van der Waals surface area contributed by atoms with Gasteiger partial charge in [0.05, 0.1) is 11.6 Å².